The third-order valence-corrected chi connectivity index (χ3v) is 6.62. The van der Waals surface area contributed by atoms with Gasteiger partial charge in [0.05, 0.1) is 30.4 Å². The highest BCUT2D eigenvalue weighted by atomic mass is 32.2. The van der Waals surface area contributed by atoms with Crippen LogP contribution in [0.25, 0.3) is 0 Å². The van der Waals surface area contributed by atoms with Gasteiger partial charge in [0.2, 0.25) is 10.0 Å². The summed E-state index contributed by atoms with van der Waals surface area (Å²) in [6, 6.07) is 11.3. The number of rotatable bonds is 6. The van der Waals surface area contributed by atoms with Crippen LogP contribution in [0.3, 0.4) is 0 Å². The molecule has 0 spiro atoms. The first-order valence-corrected chi connectivity index (χ1v) is 10.5. The highest BCUT2D eigenvalue weighted by Gasteiger charge is 2.27. The van der Waals surface area contributed by atoms with Crippen molar-refractivity contribution in [2.75, 3.05) is 32.6 Å². The summed E-state index contributed by atoms with van der Waals surface area (Å²) >= 11 is 0. The summed E-state index contributed by atoms with van der Waals surface area (Å²) in [5, 5.41) is 2.74. The van der Waals surface area contributed by atoms with Crippen molar-refractivity contribution in [3.63, 3.8) is 0 Å². The molecule has 1 N–H and O–H groups in total. The first-order valence-electron chi connectivity index (χ1n) is 9.10. The highest BCUT2D eigenvalue weighted by Crippen LogP contribution is 2.31. The Morgan fingerprint density at radius 3 is 2.32 bits per heavy atom. The molecular formula is C20H24N2O5S. The number of amides is 1. The van der Waals surface area contributed by atoms with Gasteiger partial charge in [-0.05, 0) is 43.2 Å². The van der Waals surface area contributed by atoms with Crippen LogP contribution in [0.4, 0.5) is 5.69 Å². The van der Waals surface area contributed by atoms with Crippen molar-refractivity contribution in [1.29, 1.82) is 0 Å². The quantitative estimate of drug-likeness (QED) is 0.800. The average molecular weight is 404 g/mol. The average Bonchev–Trinajstić information content (AvgIpc) is 2.74. The molecule has 0 atom stereocenters. The summed E-state index contributed by atoms with van der Waals surface area (Å²) in [6.07, 6.45) is 2.74. The van der Waals surface area contributed by atoms with Crippen LogP contribution in [0.15, 0.2) is 47.4 Å². The lowest BCUT2D eigenvalue weighted by Crippen LogP contribution is -2.35. The van der Waals surface area contributed by atoms with Crippen LogP contribution in [0.5, 0.6) is 11.5 Å². The van der Waals surface area contributed by atoms with Crippen molar-refractivity contribution in [3.05, 3.63) is 48.0 Å². The maximum absolute atomic E-state index is 12.9. The molecule has 1 aliphatic heterocycles. The van der Waals surface area contributed by atoms with E-state index in [1.807, 2.05) is 0 Å². The summed E-state index contributed by atoms with van der Waals surface area (Å²) < 4.78 is 37.9. The van der Waals surface area contributed by atoms with Crippen LogP contribution in [0.1, 0.15) is 29.6 Å². The summed E-state index contributed by atoms with van der Waals surface area (Å²) in [7, 11) is -0.671. The van der Waals surface area contributed by atoms with Crippen molar-refractivity contribution in [2.24, 2.45) is 0 Å². The topological polar surface area (TPSA) is 84.9 Å². The van der Waals surface area contributed by atoms with Crippen LogP contribution in [-0.2, 0) is 10.0 Å². The van der Waals surface area contributed by atoms with E-state index in [1.165, 1.54) is 30.7 Å². The number of piperidine rings is 1. The number of para-hydroxylation sites is 1. The van der Waals surface area contributed by atoms with Gasteiger partial charge in [-0.3, -0.25) is 4.79 Å². The standard InChI is InChI=1S/C20H24N2O5S/c1-26-18-9-5-4-8-16(18)20(23)21-17-14-15(10-11-19(17)27-2)28(24,25)22-12-6-3-7-13-22/h4-5,8-11,14H,3,6-7,12-13H2,1-2H3,(H,21,23). The zero-order valence-electron chi connectivity index (χ0n) is 16.0. The van der Waals surface area contributed by atoms with Gasteiger partial charge in [-0.15, -0.1) is 0 Å². The van der Waals surface area contributed by atoms with Gasteiger partial charge in [0.25, 0.3) is 5.91 Å². The fourth-order valence-corrected chi connectivity index (χ4v) is 4.77. The predicted octanol–water partition coefficient (Wildman–Crippen LogP) is 3.13. The second kappa shape index (κ2) is 8.62. The largest absolute Gasteiger partial charge is 0.496 e. The molecule has 1 fully saturated rings. The van der Waals surface area contributed by atoms with Crippen LogP contribution in [-0.4, -0.2) is 45.9 Å². The number of hydrogen-bond acceptors (Lipinski definition) is 5. The Morgan fingerprint density at radius 2 is 1.64 bits per heavy atom. The van der Waals surface area contributed by atoms with Crippen molar-refractivity contribution in [1.82, 2.24) is 4.31 Å². The molecule has 7 nitrogen and oxygen atoms in total. The lowest BCUT2D eigenvalue weighted by atomic mass is 10.2. The number of ether oxygens (including phenoxy) is 2. The molecule has 150 valence electrons. The first-order chi connectivity index (χ1) is 13.5. The summed E-state index contributed by atoms with van der Waals surface area (Å²) in [6.45, 7) is 1.02. The maximum atomic E-state index is 12.9. The van der Waals surface area contributed by atoms with Crippen LogP contribution >= 0.6 is 0 Å². The minimum atomic E-state index is -3.62. The van der Waals surface area contributed by atoms with E-state index in [4.69, 9.17) is 9.47 Å². The first kappa shape index (κ1) is 20.2. The number of nitrogens with zero attached hydrogens (tertiary/aromatic N) is 1. The van der Waals surface area contributed by atoms with E-state index in [2.05, 4.69) is 5.32 Å². The number of carbonyl (C=O) groups is 1. The van der Waals surface area contributed by atoms with E-state index < -0.39 is 15.9 Å². The summed E-state index contributed by atoms with van der Waals surface area (Å²) in [5.74, 6) is 0.389. The number of benzene rings is 2. The molecule has 1 amide bonds. The zero-order chi connectivity index (χ0) is 20.1. The van der Waals surface area contributed by atoms with Gasteiger partial charge in [0.15, 0.2) is 0 Å². The molecule has 0 unspecified atom stereocenters. The Bertz CT molecular complexity index is 953. The number of sulfonamides is 1. The summed E-state index contributed by atoms with van der Waals surface area (Å²) in [5.41, 5.74) is 0.632. The van der Waals surface area contributed by atoms with Crippen molar-refractivity contribution in [3.8, 4) is 11.5 Å². The molecule has 2 aromatic rings. The third kappa shape index (κ3) is 4.13. The molecule has 0 aromatic heterocycles. The molecule has 28 heavy (non-hydrogen) atoms. The Balaban J connectivity index is 1.92. The second-order valence-electron chi connectivity index (χ2n) is 6.48. The fraction of sp³-hybridized carbons (Fsp3) is 0.350. The van der Waals surface area contributed by atoms with Crippen molar-refractivity contribution >= 4 is 21.6 Å². The van der Waals surface area contributed by atoms with Gasteiger partial charge < -0.3 is 14.8 Å². The van der Waals surface area contributed by atoms with Gasteiger partial charge in [-0.2, -0.15) is 4.31 Å². The van der Waals surface area contributed by atoms with Crippen molar-refractivity contribution < 1.29 is 22.7 Å². The predicted molar refractivity (Wildman–Crippen MR) is 107 cm³/mol. The van der Waals surface area contributed by atoms with E-state index in [-0.39, 0.29) is 10.6 Å². The molecule has 1 aliphatic rings. The molecule has 3 rings (SSSR count). The van der Waals surface area contributed by atoms with Crippen LogP contribution in [0, 0.1) is 0 Å². The van der Waals surface area contributed by atoms with E-state index in [0.717, 1.165) is 19.3 Å². The molecule has 2 aromatic carbocycles. The molecule has 0 aliphatic carbocycles. The lowest BCUT2D eigenvalue weighted by molar-refractivity contribution is 0.102. The monoisotopic (exact) mass is 404 g/mol. The van der Waals surface area contributed by atoms with Crippen molar-refractivity contribution in [2.45, 2.75) is 24.2 Å². The molecule has 8 heteroatoms. The minimum absolute atomic E-state index is 0.130. The van der Waals surface area contributed by atoms with Gasteiger partial charge in [0.1, 0.15) is 11.5 Å². The molecule has 1 heterocycles. The van der Waals surface area contributed by atoms with E-state index in [1.54, 1.807) is 30.3 Å². The Labute approximate surface area is 165 Å². The van der Waals surface area contributed by atoms with Gasteiger partial charge in [0, 0.05) is 13.1 Å². The Morgan fingerprint density at radius 1 is 0.964 bits per heavy atom. The fourth-order valence-electron chi connectivity index (χ4n) is 3.22. The smallest absolute Gasteiger partial charge is 0.259 e. The number of methoxy groups -OCH3 is 2. The van der Waals surface area contributed by atoms with Crippen LogP contribution in [0.2, 0.25) is 0 Å². The Hall–Kier alpha value is -2.58. The maximum Gasteiger partial charge on any atom is 0.259 e. The normalized spacial score (nSPS) is 15.1. The third-order valence-electron chi connectivity index (χ3n) is 4.72. The van der Waals surface area contributed by atoms with E-state index >= 15 is 0 Å². The number of carbonyl (C=O) groups excluding carboxylic acids is 1. The summed E-state index contributed by atoms with van der Waals surface area (Å²) in [4.78, 5) is 12.8. The van der Waals surface area contributed by atoms with Crippen LogP contribution < -0.4 is 14.8 Å². The zero-order valence-corrected chi connectivity index (χ0v) is 16.8. The number of nitrogens with one attached hydrogen (secondary N) is 1. The molecule has 0 bridgehead atoms. The molecule has 0 radical (unpaired) electrons. The lowest BCUT2D eigenvalue weighted by Gasteiger charge is -2.26. The highest BCUT2D eigenvalue weighted by molar-refractivity contribution is 7.89. The SMILES string of the molecule is COc1ccc(S(=O)(=O)N2CCCCC2)cc1NC(=O)c1ccccc1OC. The number of hydrogen-bond donors (Lipinski definition) is 1. The molecule has 1 saturated heterocycles. The van der Waals surface area contributed by atoms with Gasteiger partial charge >= 0.3 is 0 Å². The van der Waals surface area contributed by atoms with E-state index in [0.29, 0.717) is 30.2 Å². The van der Waals surface area contributed by atoms with Gasteiger partial charge in [-0.1, -0.05) is 18.6 Å². The second-order valence-corrected chi connectivity index (χ2v) is 8.42. The minimum Gasteiger partial charge on any atom is -0.496 e. The number of anilines is 1. The van der Waals surface area contributed by atoms with E-state index in [9.17, 15) is 13.2 Å². The van der Waals surface area contributed by atoms with Gasteiger partial charge in [-0.25, -0.2) is 8.42 Å². The molecular weight excluding hydrogens is 380 g/mol. The Kier molecular flexibility index (Phi) is 6.21. The molecule has 0 saturated carbocycles.